The van der Waals surface area contributed by atoms with Gasteiger partial charge in [0, 0.05) is 12.1 Å². The summed E-state index contributed by atoms with van der Waals surface area (Å²) < 4.78 is 42.9. The van der Waals surface area contributed by atoms with Gasteiger partial charge in [-0.15, -0.1) is 0 Å². The Hall–Kier alpha value is -3.76. The molecule has 0 saturated carbocycles. The van der Waals surface area contributed by atoms with Gasteiger partial charge < -0.3 is 19.5 Å². The Morgan fingerprint density at radius 1 is 0.857 bits per heavy atom. The van der Waals surface area contributed by atoms with Crippen LogP contribution >= 0.6 is 11.6 Å². The number of hydrogen-bond acceptors (Lipinski definition) is 7. The minimum Gasteiger partial charge on any atom is -0.493 e. The molecule has 1 amide bonds. The third-order valence-corrected chi connectivity index (χ3v) is 6.68. The quantitative estimate of drug-likeness (QED) is 0.421. The zero-order valence-corrected chi connectivity index (χ0v) is 20.9. The number of hydrogen-bond donors (Lipinski definition) is 2. The molecule has 3 aromatic carbocycles. The first kappa shape index (κ1) is 25.9. The number of esters is 1. The van der Waals surface area contributed by atoms with Crippen molar-refractivity contribution in [1.29, 1.82) is 0 Å². The normalized spacial score (nSPS) is 10.9. The van der Waals surface area contributed by atoms with Gasteiger partial charge in [0.15, 0.2) is 11.5 Å². The fourth-order valence-electron chi connectivity index (χ4n) is 3.15. The number of aryl methyl sites for hydroxylation is 1. The molecule has 0 bridgehead atoms. The average molecular weight is 519 g/mol. The predicted molar refractivity (Wildman–Crippen MR) is 132 cm³/mol. The Morgan fingerprint density at radius 3 is 2.06 bits per heavy atom. The van der Waals surface area contributed by atoms with Gasteiger partial charge in [-0.3, -0.25) is 9.52 Å². The van der Waals surface area contributed by atoms with E-state index in [2.05, 4.69) is 10.0 Å². The largest absolute Gasteiger partial charge is 0.493 e. The van der Waals surface area contributed by atoms with Crippen molar-refractivity contribution >= 4 is 44.9 Å². The fraction of sp³-hybridized carbons (Fsp3) is 0.167. The van der Waals surface area contributed by atoms with Gasteiger partial charge in [0.05, 0.1) is 53.7 Å². The molecule has 3 aromatic rings. The van der Waals surface area contributed by atoms with Crippen LogP contribution in [-0.2, 0) is 14.8 Å². The van der Waals surface area contributed by atoms with Crippen molar-refractivity contribution in [3.8, 4) is 11.5 Å². The average Bonchev–Trinajstić information content (AvgIpc) is 2.83. The van der Waals surface area contributed by atoms with Gasteiger partial charge in [0.25, 0.3) is 15.9 Å². The van der Waals surface area contributed by atoms with Crippen LogP contribution in [-0.4, -0.2) is 41.6 Å². The number of carbonyl (C=O) groups excluding carboxylic acids is 2. The minimum absolute atomic E-state index is 0.00768. The molecule has 0 aliphatic rings. The number of halogens is 1. The fourth-order valence-corrected chi connectivity index (χ4v) is 4.46. The van der Waals surface area contributed by atoms with E-state index in [0.29, 0.717) is 0 Å². The highest BCUT2D eigenvalue weighted by molar-refractivity contribution is 7.92. The second-order valence-electron chi connectivity index (χ2n) is 7.31. The number of methoxy groups -OCH3 is 3. The van der Waals surface area contributed by atoms with Gasteiger partial charge in [-0.05, 0) is 37.3 Å². The maximum absolute atomic E-state index is 12.9. The molecule has 0 unspecified atom stereocenters. The summed E-state index contributed by atoms with van der Waals surface area (Å²) in [7, 11) is 0.179. The van der Waals surface area contributed by atoms with Gasteiger partial charge in [-0.1, -0.05) is 29.3 Å². The van der Waals surface area contributed by atoms with E-state index < -0.39 is 21.9 Å². The Bertz CT molecular complexity index is 1370. The topological polar surface area (TPSA) is 120 Å². The van der Waals surface area contributed by atoms with Crippen molar-refractivity contribution in [3.05, 3.63) is 76.3 Å². The van der Waals surface area contributed by atoms with Crippen LogP contribution in [0.15, 0.2) is 59.5 Å². The van der Waals surface area contributed by atoms with E-state index in [-0.39, 0.29) is 43.9 Å². The van der Waals surface area contributed by atoms with Crippen LogP contribution in [0.1, 0.15) is 26.3 Å². The van der Waals surface area contributed by atoms with Crippen LogP contribution in [0, 0.1) is 6.92 Å². The van der Waals surface area contributed by atoms with Crippen molar-refractivity contribution in [1.82, 2.24) is 0 Å². The van der Waals surface area contributed by atoms with Crippen LogP contribution in [0.2, 0.25) is 5.02 Å². The van der Waals surface area contributed by atoms with E-state index in [4.69, 9.17) is 25.8 Å². The van der Waals surface area contributed by atoms with Gasteiger partial charge in [-0.25, -0.2) is 13.2 Å². The molecule has 35 heavy (non-hydrogen) atoms. The van der Waals surface area contributed by atoms with E-state index in [1.54, 1.807) is 12.1 Å². The van der Waals surface area contributed by atoms with Crippen molar-refractivity contribution in [3.63, 3.8) is 0 Å². The summed E-state index contributed by atoms with van der Waals surface area (Å²) in [6, 6.07) is 13.2. The highest BCUT2D eigenvalue weighted by atomic mass is 35.5. The number of carbonyl (C=O) groups is 2. The van der Waals surface area contributed by atoms with Crippen LogP contribution in [0.4, 0.5) is 11.4 Å². The molecule has 9 nitrogen and oxygen atoms in total. The highest BCUT2D eigenvalue weighted by Crippen LogP contribution is 2.34. The molecule has 0 aliphatic heterocycles. The molecular formula is C24H23ClN2O7S. The molecule has 0 fully saturated rings. The number of nitrogens with one attached hydrogen (secondary N) is 2. The van der Waals surface area contributed by atoms with Crippen molar-refractivity contribution < 1.29 is 32.2 Å². The van der Waals surface area contributed by atoms with Gasteiger partial charge in [0.1, 0.15) is 0 Å². The minimum atomic E-state index is -3.85. The molecule has 0 heterocycles. The van der Waals surface area contributed by atoms with Crippen LogP contribution in [0.25, 0.3) is 0 Å². The van der Waals surface area contributed by atoms with Gasteiger partial charge >= 0.3 is 5.97 Å². The first-order valence-electron chi connectivity index (χ1n) is 10.1. The Labute approximate surface area is 208 Å². The molecular weight excluding hydrogens is 496 g/mol. The Morgan fingerprint density at radius 2 is 1.49 bits per heavy atom. The summed E-state index contributed by atoms with van der Waals surface area (Å²) in [5, 5.41) is 2.60. The van der Waals surface area contributed by atoms with E-state index in [1.165, 1.54) is 63.8 Å². The van der Waals surface area contributed by atoms with E-state index in [9.17, 15) is 18.0 Å². The number of amides is 1. The monoisotopic (exact) mass is 518 g/mol. The summed E-state index contributed by atoms with van der Waals surface area (Å²) in [6.07, 6.45) is 0. The van der Waals surface area contributed by atoms with Crippen molar-refractivity contribution in [2.24, 2.45) is 0 Å². The molecule has 0 aromatic heterocycles. The van der Waals surface area contributed by atoms with E-state index >= 15 is 0 Å². The predicted octanol–water partition coefficient (Wildman–Crippen LogP) is 4.51. The lowest BCUT2D eigenvalue weighted by Gasteiger charge is -2.15. The zero-order valence-electron chi connectivity index (χ0n) is 19.3. The highest BCUT2D eigenvalue weighted by Gasteiger charge is 2.21. The third kappa shape index (κ3) is 5.84. The number of anilines is 2. The summed E-state index contributed by atoms with van der Waals surface area (Å²) in [5.41, 5.74) is 1.30. The van der Waals surface area contributed by atoms with Gasteiger partial charge in [-0.2, -0.15) is 0 Å². The van der Waals surface area contributed by atoms with Crippen molar-refractivity contribution in [2.75, 3.05) is 31.4 Å². The number of rotatable bonds is 8. The summed E-state index contributed by atoms with van der Waals surface area (Å²) in [5.74, 6) is -0.787. The maximum atomic E-state index is 12.9. The number of ether oxygens (including phenoxy) is 3. The molecule has 2 N–H and O–H groups in total. The zero-order chi connectivity index (χ0) is 25.8. The molecule has 11 heteroatoms. The van der Waals surface area contributed by atoms with E-state index in [1.807, 2.05) is 6.92 Å². The molecule has 0 radical (unpaired) electrons. The third-order valence-electron chi connectivity index (χ3n) is 4.97. The van der Waals surface area contributed by atoms with Crippen molar-refractivity contribution in [2.45, 2.75) is 11.8 Å². The lowest BCUT2D eigenvalue weighted by Crippen LogP contribution is -2.17. The second-order valence-corrected chi connectivity index (χ2v) is 9.40. The molecule has 0 atom stereocenters. The molecule has 0 saturated heterocycles. The second kappa shape index (κ2) is 10.7. The SMILES string of the molecule is COC(=O)c1cc(OC)c(OC)cc1NC(=O)c1ccc(NS(=O)(=O)c2ccc(C)cc2)cc1Cl. The Balaban J connectivity index is 1.87. The summed E-state index contributed by atoms with van der Waals surface area (Å²) in [6.45, 7) is 1.85. The maximum Gasteiger partial charge on any atom is 0.340 e. The summed E-state index contributed by atoms with van der Waals surface area (Å²) >= 11 is 6.29. The van der Waals surface area contributed by atoms with Crippen LogP contribution in [0.5, 0.6) is 11.5 Å². The van der Waals surface area contributed by atoms with E-state index in [0.717, 1.165) is 5.56 Å². The first-order valence-corrected chi connectivity index (χ1v) is 12.0. The molecule has 3 rings (SSSR count). The Kier molecular flexibility index (Phi) is 7.88. The van der Waals surface area contributed by atoms with Crippen LogP contribution in [0.3, 0.4) is 0 Å². The molecule has 184 valence electrons. The molecule has 0 spiro atoms. The molecule has 0 aliphatic carbocycles. The number of benzene rings is 3. The number of sulfonamides is 1. The standard InChI is InChI=1S/C24H23ClN2O7S/c1-14-5-8-16(9-6-14)35(30,31)27-15-7-10-17(19(25)11-15)23(28)26-20-13-22(33-3)21(32-2)12-18(20)24(29)34-4/h5-13,27H,1-4H3,(H,26,28). The first-order chi connectivity index (χ1) is 16.6. The lowest BCUT2D eigenvalue weighted by molar-refractivity contribution is 0.0601. The smallest absolute Gasteiger partial charge is 0.340 e. The van der Waals surface area contributed by atoms with Crippen LogP contribution < -0.4 is 19.5 Å². The lowest BCUT2D eigenvalue weighted by atomic mass is 10.1. The summed E-state index contributed by atoms with van der Waals surface area (Å²) in [4.78, 5) is 25.3. The van der Waals surface area contributed by atoms with Gasteiger partial charge in [0.2, 0.25) is 0 Å².